The largest absolute Gasteiger partial charge is 0.381 e. The van der Waals surface area contributed by atoms with Crippen LogP contribution >= 0.6 is 0 Å². The average Bonchev–Trinajstić information content (AvgIpc) is 3.59. The zero-order chi connectivity index (χ0) is 22.8. The highest BCUT2D eigenvalue weighted by Gasteiger charge is 2.41. The third kappa shape index (κ3) is 4.38. The second kappa shape index (κ2) is 9.14. The summed E-state index contributed by atoms with van der Waals surface area (Å²) in [5, 5.41) is 17.4. The molecule has 2 saturated heterocycles. The predicted molar refractivity (Wildman–Crippen MR) is 119 cm³/mol. The Bertz CT molecular complexity index is 1120. The zero-order valence-electron chi connectivity index (χ0n) is 18.5. The lowest BCUT2D eigenvalue weighted by atomic mass is 9.99. The number of aryl methyl sites for hydroxylation is 1. The van der Waals surface area contributed by atoms with E-state index in [9.17, 15) is 9.59 Å². The summed E-state index contributed by atoms with van der Waals surface area (Å²) in [7, 11) is 0. The van der Waals surface area contributed by atoms with Gasteiger partial charge >= 0.3 is 0 Å². The van der Waals surface area contributed by atoms with Crippen molar-refractivity contribution in [3.05, 3.63) is 53.7 Å². The first-order valence-corrected chi connectivity index (χ1v) is 11.3. The Hall–Kier alpha value is -3.53. The molecule has 2 aromatic heterocycles. The minimum Gasteiger partial charge on any atom is -0.381 e. The van der Waals surface area contributed by atoms with Crippen LogP contribution in [0.5, 0.6) is 0 Å². The van der Waals surface area contributed by atoms with Crippen molar-refractivity contribution >= 4 is 11.8 Å². The number of ether oxygens (including phenoxy) is 1. The van der Waals surface area contributed by atoms with Gasteiger partial charge in [0.05, 0.1) is 23.5 Å². The molecule has 2 fully saturated rings. The number of carbonyl (C=O) groups is 2. The fourth-order valence-corrected chi connectivity index (χ4v) is 4.63. The number of benzene rings is 1. The van der Waals surface area contributed by atoms with E-state index < -0.39 is 0 Å². The summed E-state index contributed by atoms with van der Waals surface area (Å²) in [5.41, 5.74) is 2.03. The molecule has 33 heavy (non-hydrogen) atoms. The molecule has 10 nitrogen and oxygen atoms in total. The van der Waals surface area contributed by atoms with Crippen LogP contribution in [-0.2, 0) is 9.53 Å². The fourth-order valence-electron chi connectivity index (χ4n) is 4.63. The van der Waals surface area contributed by atoms with Crippen molar-refractivity contribution in [1.29, 1.82) is 0 Å². The van der Waals surface area contributed by atoms with Crippen molar-refractivity contribution in [2.24, 2.45) is 5.92 Å². The van der Waals surface area contributed by atoms with Gasteiger partial charge in [-0.1, -0.05) is 30.3 Å². The van der Waals surface area contributed by atoms with Gasteiger partial charge in [-0.15, -0.1) is 0 Å². The Balaban J connectivity index is 1.39. The number of nitrogens with zero attached hydrogens (tertiary/aromatic N) is 4. The molecule has 0 spiro atoms. The van der Waals surface area contributed by atoms with Gasteiger partial charge < -0.3 is 15.0 Å². The highest BCUT2D eigenvalue weighted by atomic mass is 16.5. The van der Waals surface area contributed by atoms with Gasteiger partial charge in [0.2, 0.25) is 5.91 Å². The van der Waals surface area contributed by atoms with E-state index in [-0.39, 0.29) is 29.8 Å². The maximum atomic E-state index is 13.7. The van der Waals surface area contributed by atoms with Crippen LogP contribution in [0.25, 0.3) is 11.3 Å². The van der Waals surface area contributed by atoms with Crippen LogP contribution in [0.3, 0.4) is 0 Å². The topological polar surface area (TPSA) is 129 Å². The molecule has 2 amide bonds. The van der Waals surface area contributed by atoms with Crippen molar-refractivity contribution in [3.63, 3.8) is 0 Å². The molecule has 4 heterocycles. The number of H-pyrrole nitrogens is 2. The number of hydrogen-bond acceptors (Lipinski definition) is 6. The lowest BCUT2D eigenvalue weighted by Gasteiger charge is -2.24. The SMILES string of the molecule is Cc1nc(C2CC(NC(=O)C3CCOCC3)CN2C(=O)c2cn[nH]c2-c2ccccc2)n[nH]1. The minimum atomic E-state index is -0.346. The molecule has 5 rings (SSSR count). The Morgan fingerprint density at radius 2 is 1.94 bits per heavy atom. The monoisotopic (exact) mass is 449 g/mol. The molecular weight excluding hydrogens is 422 g/mol. The Kier molecular flexibility index (Phi) is 5.91. The zero-order valence-corrected chi connectivity index (χ0v) is 18.5. The summed E-state index contributed by atoms with van der Waals surface area (Å²) in [4.78, 5) is 32.7. The van der Waals surface area contributed by atoms with Gasteiger partial charge in [-0.05, 0) is 26.2 Å². The first-order chi connectivity index (χ1) is 16.1. The highest BCUT2D eigenvalue weighted by Crippen LogP contribution is 2.33. The van der Waals surface area contributed by atoms with E-state index in [2.05, 4.69) is 30.7 Å². The van der Waals surface area contributed by atoms with Crippen molar-refractivity contribution < 1.29 is 14.3 Å². The normalized spacial score (nSPS) is 21.3. The molecular formula is C23H27N7O3. The molecule has 2 unspecified atom stereocenters. The van der Waals surface area contributed by atoms with E-state index in [0.29, 0.717) is 49.1 Å². The van der Waals surface area contributed by atoms with E-state index >= 15 is 0 Å². The van der Waals surface area contributed by atoms with Gasteiger partial charge in [-0.25, -0.2) is 4.98 Å². The van der Waals surface area contributed by atoms with Crippen LogP contribution in [0.2, 0.25) is 0 Å². The molecule has 3 aromatic rings. The van der Waals surface area contributed by atoms with Gasteiger partial charge in [-0.2, -0.15) is 10.2 Å². The Morgan fingerprint density at radius 3 is 2.67 bits per heavy atom. The van der Waals surface area contributed by atoms with E-state index in [1.54, 1.807) is 11.1 Å². The van der Waals surface area contributed by atoms with Crippen LogP contribution in [0, 0.1) is 12.8 Å². The van der Waals surface area contributed by atoms with Crippen LogP contribution in [0.1, 0.15) is 47.3 Å². The lowest BCUT2D eigenvalue weighted by molar-refractivity contribution is -0.128. The van der Waals surface area contributed by atoms with Crippen LogP contribution in [-0.4, -0.2) is 67.9 Å². The summed E-state index contributed by atoms with van der Waals surface area (Å²) in [5.74, 6) is 1.04. The van der Waals surface area contributed by atoms with Crippen molar-refractivity contribution in [2.75, 3.05) is 19.8 Å². The van der Waals surface area contributed by atoms with E-state index in [0.717, 1.165) is 18.4 Å². The second-order valence-electron chi connectivity index (χ2n) is 8.60. The number of carbonyl (C=O) groups excluding carboxylic acids is 2. The van der Waals surface area contributed by atoms with Crippen LogP contribution in [0.4, 0.5) is 0 Å². The molecule has 0 saturated carbocycles. The molecule has 3 N–H and O–H groups in total. The Labute approximate surface area is 191 Å². The van der Waals surface area contributed by atoms with Gasteiger partial charge in [0, 0.05) is 37.3 Å². The maximum absolute atomic E-state index is 13.7. The summed E-state index contributed by atoms with van der Waals surface area (Å²) in [6.07, 6.45) is 3.55. The fraction of sp³-hybridized carbons (Fsp3) is 0.435. The molecule has 2 atom stereocenters. The molecule has 2 aliphatic heterocycles. The van der Waals surface area contributed by atoms with Gasteiger partial charge in [0.25, 0.3) is 5.91 Å². The Morgan fingerprint density at radius 1 is 1.15 bits per heavy atom. The van der Waals surface area contributed by atoms with E-state index in [1.165, 1.54) is 0 Å². The third-order valence-electron chi connectivity index (χ3n) is 6.35. The molecule has 0 bridgehead atoms. The van der Waals surface area contributed by atoms with Gasteiger partial charge in [0.1, 0.15) is 5.82 Å². The highest BCUT2D eigenvalue weighted by molar-refractivity contribution is 6.00. The number of nitrogens with one attached hydrogen (secondary N) is 3. The smallest absolute Gasteiger partial charge is 0.258 e. The first-order valence-electron chi connectivity index (χ1n) is 11.3. The first kappa shape index (κ1) is 21.3. The molecule has 172 valence electrons. The number of likely N-dealkylation sites (tertiary alicyclic amines) is 1. The van der Waals surface area contributed by atoms with Gasteiger partial charge in [0.15, 0.2) is 5.82 Å². The molecule has 0 radical (unpaired) electrons. The minimum absolute atomic E-state index is 0.0239. The number of hydrogen-bond donors (Lipinski definition) is 3. The molecule has 1 aromatic carbocycles. The summed E-state index contributed by atoms with van der Waals surface area (Å²) >= 11 is 0. The summed E-state index contributed by atoms with van der Waals surface area (Å²) in [6, 6.07) is 9.10. The van der Waals surface area contributed by atoms with Crippen LogP contribution in [0.15, 0.2) is 36.5 Å². The van der Waals surface area contributed by atoms with Crippen LogP contribution < -0.4 is 5.32 Å². The average molecular weight is 450 g/mol. The number of rotatable bonds is 5. The second-order valence-corrected chi connectivity index (χ2v) is 8.60. The molecule has 2 aliphatic rings. The molecule has 0 aliphatic carbocycles. The third-order valence-corrected chi connectivity index (χ3v) is 6.35. The van der Waals surface area contributed by atoms with Crippen molar-refractivity contribution in [2.45, 2.75) is 38.3 Å². The van der Waals surface area contributed by atoms with Gasteiger partial charge in [-0.3, -0.25) is 19.8 Å². The van der Waals surface area contributed by atoms with E-state index in [4.69, 9.17) is 4.74 Å². The van der Waals surface area contributed by atoms with E-state index in [1.807, 2.05) is 37.3 Å². The summed E-state index contributed by atoms with van der Waals surface area (Å²) in [6.45, 7) is 3.42. The lowest BCUT2D eigenvalue weighted by Crippen LogP contribution is -2.42. The quantitative estimate of drug-likeness (QED) is 0.546. The van der Waals surface area contributed by atoms with Crippen molar-refractivity contribution in [3.8, 4) is 11.3 Å². The molecule has 10 heteroatoms. The number of aromatic amines is 2. The predicted octanol–water partition coefficient (Wildman–Crippen LogP) is 2.00. The maximum Gasteiger partial charge on any atom is 0.258 e. The summed E-state index contributed by atoms with van der Waals surface area (Å²) < 4.78 is 5.37. The number of amides is 2. The number of aromatic nitrogens is 5. The van der Waals surface area contributed by atoms with Crippen molar-refractivity contribution in [1.82, 2.24) is 35.6 Å². The standard InChI is InChI=1S/C23H27N7O3/c1-14-25-21(29-27-14)19-11-17(26-22(31)16-7-9-33-10-8-16)13-30(19)23(32)18-12-24-28-20(18)15-5-3-2-4-6-15/h2-6,12,16-17,19H,7-11,13H2,1H3,(H,24,28)(H,26,31)(H,25,27,29).